The number of carbonyl (C=O) groups is 1. The summed E-state index contributed by atoms with van der Waals surface area (Å²) in [5, 5.41) is 18.3. The Kier molecular flexibility index (Phi) is 8.23. The number of nitrogens with one attached hydrogen (secondary N) is 1. The van der Waals surface area contributed by atoms with Gasteiger partial charge in [-0.1, -0.05) is 6.07 Å². The second-order valence-corrected chi connectivity index (χ2v) is 7.75. The van der Waals surface area contributed by atoms with Crippen molar-refractivity contribution in [2.45, 2.75) is 33.4 Å². The molecule has 0 spiro atoms. The van der Waals surface area contributed by atoms with Gasteiger partial charge in [0.05, 0.1) is 37.9 Å². The van der Waals surface area contributed by atoms with Gasteiger partial charge in [0.25, 0.3) is 0 Å². The molecule has 11 heteroatoms. The molecule has 2 heterocycles. The minimum absolute atomic E-state index is 0.0597. The number of morpholine rings is 1. The van der Waals surface area contributed by atoms with Gasteiger partial charge in [-0.25, -0.2) is 0 Å². The van der Waals surface area contributed by atoms with E-state index in [0.29, 0.717) is 43.6 Å². The quantitative estimate of drug-likeness (QED) is 0.421. The molecule has 1 saturated heterocycles. The van der Waals surface area contributed by atoms with E-state index in [4.69, 9.17) is 14.2 Å². The van der Waals surface area contributed by atoms with Gasteiger partial charge >= 0.3 is 5.69 Å². The molecule has 11 nitrogen and oxygen atoms in total. The van der Waals surface area contributed by atoms with Crippen LogP contribution in [0, 0.1) is 24.0 Å². The first-order chi connectivity index (χ1) is 15.8. The predicted octanol–water partition coefficient (Wildman–Crippen LogP) is 2.01. The zero-order valence-electron chi connectivity index (χ0n) is 19.5. The van der Waals surface area contributed by atoms with Crippen LogP contribution in [0.5, 0.6) is 11.5 Å². The maximum atomic E-state index is 12.7. The Labute approximate surface area is 192 Å². The maximum Gasteiger partial charge on any atom is 0.312 e. The van der Waals surface area contributed by atoms with Crippen molar-refractivity contribution in [2.24, 2.45) is 0 Å². The second-order valence-electron chi connectivity index (χ2n) is 7.75. The van der Waals surface area contributed by atoms with E-state index in [0.717, 1.165) is 18.7 Å². The third-order valence-corrected chi connectivity index (χ3v) is 5.67. The molecule has 1 aliphatic heterocycles. The van der Waals surface area contributed by atoms with Crippen LogP contribution in [-0.4, -0.2) is 72.1 Å². The highest BCUT2D eigenvalue weighted by Crippen LogP contribution is 2.32. The van der Waals surface area contributed by atoms with E-state index in [-0.39, 0.29) is 29.9 Å². The van der Waals surface area contributed by atoms with Crippen molar-refractivity contribution < 1.29 is 23.9 Å². The Hall–Kier alpha value is -3.18. The first-order valence-corrected chi connectivity index (χ1v) is 10.9. The number of aryl methyl sites for hydroxylation is 1. The number of nitrogens with zero attached hydrogens (tertiary/aromatic N) is 4. The fourth-order valence-electron chi connectivity index (χ4n) is 4.02. The normalized spacial score (nSPS) is 15.2. The number of carbonyl (C=O) groups excluding carboxylic acids is 1. The first-order valence-electron chi connectivity index (χ1n) is 10.9. The Bertz CT molecular complexity index is 986. The van der Waals surface area contributed by atoms with Crippen molar-refractivity contribution in [1.29, 1.82) is 0 Å². The smallest absolute Gasteiger partial charge is 0.312 e. The summed E-state index contributed by atoms with van der Waals surface area (Å²) in [6.07, 6.45) is 0. The second kappa shape index (κ2) is 11.1. The van der Waals surface area contributed by atoms with Gasteiger partial charge in [-0.2, -0.15) is 5.10 Å². The molecule has 33 heavy (non-hydrogen) atoms. The molecule has 0 bridgehead atoms. The van der Waals surface area contributed by atoms with E-state index in [1.54, 1.807) is 21.0 Å². The highest BCUT2D eigenvalue weighted by Gasteiger charge is 2.26. The third-order valence-electron chi connectivity index (χ3n) is 5.67. The molecule has 1 aliphatic rings. The number of hydrogen-bond acceptors (Lipinski definition) is 8. The van der Waals surface area contributed by atoms with Gasteiger partial charge < -0.3 is 19.5 Å². The number of ether oxygens (including phenoxy) is 3. The number of benzene rings is 1. The monoisotopic (exact) mass is 461 g/mol. The lowest BCUT2D eigenvalue weighted by atomic mass is 10.0. The summed E-state index contributed by atoms with van der Waals surface area (Å²) < 4.78 is 18.0. The number of nitro groups is 1. The van der Waals surface area contributed by atoms with Gasteiger partial charge in [-0.3, -0.25) is 24.5 Å². The van der Waals surface area contributed by atoms with Crippen LogP contribution in [0.15, 0.2) is 18.2 Å². The molecule has 180 valence electrons. The number of methoxy groups -OCH3 is 1. The SMILES string of the molecule is CCOc1ccc(C(CNC(=O)Cn2nc(C)c([N+](=O)[O-])c2C)N2CCOCC2)cc1OC. The van der Waals surface area contributed by atoms with Crippen molar-refractivity contribution in [3.63, 3.8) is 0 Å². The summed E-state index contributed by atoms with van der Waals surface area (Å²) in [4.78, 5) is 25.7. The Morgan fingerprint density at radius 3 is 2.64 bits per heavy atom. The summed E-state index contributed by atoms with van der Waals surface area (Å²) in [6.45, 7) is 8.57. The third kappa shape index (κ3) is 5.79. The molecule has 3 rings (SSSR count). The van der Waals surface area contributed by atoms with E-state index < -0.39 is 4.92 Å². The molecule has 1 aromatic heterocycles. The van der Waals surface area contributed by atoms with E-state index >= 15 is 0 Å². The molecule has 1 amide bonds. The Morgan fingerprint density at radius 2 is 2.03 bits per heavy atom. The highest BCUT2D eigenvalue weighted by molar-refractivity contribution is 5.76. The van der Waals surface area contributed by atoms with Gasteiger partial charge in [0.15, 0.2) is 11.5 Å². The van der Waals surface area contributed by atoms with Crippen molar-refractivity contribution in [1.82, 2.24) is 20.0 Å². The van der Waals surface area contributed by atoms with Crippen LogP contribution in [0.3, 0.4) is 0 Å². The average Bonchev–Trinajstić information content (AvgIpc) is 3.08. The van der Waals surface area contributed by atoms with E-state index in [2.05, 4.69) is 15.3 Å². The molecular weight excluding hydrogens is 430 g/mol. The molecule has 1 aromatic carbocycles. The molecule has 0 saturated carbocycles. The van der Waals surface area contributed by atoms with Crippen LogP contribution in [-0.2, 0) is 16.1 Å². The average molecular weight is 462 g/mol. The fourth-order valence-corrected chi connectivity index (χ4v) is 4.02. The lowest BCUT2D eigenvalue weighted by Gasteiger charge is -2.35. The first kappa shape index (κ1) is 24.5. The number of hydrogen-bond donors (Lipinski definition) is 1. The molecule has 1 N–H and O–H groups in total. The van der Waals surface area contributed by atoms with Crippen LogP contribution in [0.4, 0.5) is 5.69 Å². The minimum Gasteiger partial charge on any atom is -0.493 e. The van der Waals surface area contributed by atoms with Crippen molar-refractivity contribution in [2.75, 3.05) is 46.6 Å². The Morgan fingerprint density at radius 1 is 1.30 bits per heavy atom. The van der Waals surface area contributed by atoms with E-state index in [1.165, 1.54) is 4.68 Å². The van der Waals surface area contributed by atoms with Crippen LogP contribution in [0.25, 0.3) is 0 Å². The molecular formula is C22H31N5O6. The van der Waals surface area contributed by atoms with E-state index in [1.807, 2.05) is 25.1 Å². The zero-order chi connectivity index (χ0) is 24.0. The van der Waals surface area contributed by atoms with Crippen LogP contribution in [0.1, 0.15) is 29.9 Å². The van der Waals surface area contributed by atoms with Crippen molar-refractivity contribution >= 4 is 11.6 Å². The molecule has 1 unspecified atom stereocenters. The van der Waals surface area contributed by atoms with Gasteiger partial charge in [0.1, 0.15) is 17.9 Å². The van der Waals surface area contributed by atoms with Gasteiger partial charge in [-0.15, -0.1) is 0 Å². The molecule has 1 atom stereocenters. The lowest BCUT2D eigenvalue weighted by molar-refractivity contribution is -0.386. The topological polar surface area (TPSA) is 121 Å². The fraction of sp³-hybridized carbons (Fsp3) is 0.545. The largest absolute Gasteiger partial charge is 0.493 e. The Balaban J connectivity index is 1.75. The van der Waals surface area contributed by atoms with Crippen LogP contribution in [0.2, 0.25) is 0 Å². The molecule has 0 radical (unpaired) electrons. The van der Waals surface area contributed by atoms with Crippen LogP contribution < -0.4 is 14.8 Å². The number of rotatable bonds is 10. The minimum atomic E-state index is -0.472. The highest BCUT2D eigenvalue weighted by atomic mass is 16.6. The van der Waals surface area contributed by atoms with Gasteiger partial charge in [0.2, 0.25) is 5.91 Å². The molecule has 0 aliphatic carbocycles. The van der Waals surface area contributed by atoms with Gasteiger partial charge in [-0.05, 0) is 38.5 Å². The molecule has 1 fully saturated rings. The summed E-state index contributed by atoms with van der Waals surface area (Å²) in [5.41, 5.74) is 1.57. The summed E-state index contributed by atoms with van der Waals surface area (Å²) >= 11 is 0. The number of aromatic nitrogens is 2. The van der Waals surface area contributed by atoms with Crippen LogP contribution >= 0.6 is 0 Å². The van der Waals surface area contributed by atoms with Crippen molar-refractivity contribution in [3.8, 4) is 11.5 Å². The predicted molar refractivity (Wildman–Crippen MR) is 121 cm³/mol. The number of amides is 1. The van der Waals surface area contributed by atoms with Gasteiger partial charge in [0, 0.05) is 19.6 Å². The lowest BCUT2D eigenvalue weighted by Crippen LogP contribution is -2.44. The van der Waals surface area contributed by atoms with Crippen molar-refractivity contribution in [3.05, 3.63) is 45.3 Å². The van der Waals surface area contributed by atoms with E-state index in [9.17, 15) is 14.9 Å². The molecule has 2 aromatic rings. The standard InChI is InChI=1S/C22H31N5O6/c1-5-33-19-7-6-17(12-20(19)31-4)18(25-8-10-32-11-9-25)13-23-21(28)14-26-16(3)22(27(29)30)15(2)24-26/h6-7,12,18H,5,8-11,13-14H2,1-4H3,(H,23,28). The summed E-state index contributed by atoms with van der Waals surface area (Å²) in [6, 6.07) is 5.69. The zero-order valence-corrected chi connectivity index (χ0v) is 19.5. The maximum absolute atomic E-state index is 12.7. The summed E-state index contributed by atoms with van der Waals surface area (Å²) in [5.74, 6) is 1.03. The summed E-state index contributed by atoms with van der Waals surface area (Å²) in [7, 11) is 1.60.